The standard InChI is InChI=1S/C5H11O5P.C4H10/c1-10-5(6)3-2-4-11(7,8)9;1-3-4-2/h2-4H2,1H3,(H2,7,8,9);3-4H2,1-2H3. The van der Waals surface area contributed by atoms with Crippen molar-refractivity contribution in [2.75, 3.05) is 13.3 Å². The second-order valence-corrected chi connectivity index (χ2v) is 4.84. The van der Waals surface area contributed by atoms with Crippen LogP contribution >= 0.6 is 7.60 Å². The first-order valence-electron chi connectivity index (χ1n) is 4.98. The molecule has 0 saturated carbocycles. The molecule has 92 valence electrons. The summed E-state index contributed by atoms with van der Waals surface area (Å²) in [6.45, 7) is 4.36. The number of rotatable bonds is 5. The molecule has 0 aliphatic carbocycles. The van der Waals surface area contributed by atoms with Crippen LogP contribution in [0.1, 0.15) is 39.5 Å². The predicted octanol–water partition coefficient (Wildman–Crippen LogP) is 1.92. The van der Waals surface area contributed by atoms with Crippen LogP contribution in [0, 0.1) is 0 Å². The van der Waals surface area contributed by atoms with Gasteiger partial charge >= 0.3 is 13.6 Å². The molecule has 0 aliphatic heterocycles. The normalized spacial score (nSPS) is 10.2. The van der Waals surface area contributed by atoms with E-state index in [4.69, 9.17) is 9.79 Å². The monoisotopic (exact) mass is 240 g/mol. The van der Waals surface area contributed by atoms with E-state index in [9.17, 15) is 9.36 Å². The lowest BCUT2D eigenvalue weighted by Crippen LogP contribution is -2.01. The van der Waals surface area contributed by atoms with Crippen molar-refractivity contribution in [1.82, 2.24) is 0 Å². The summed E-state index contributed by atoms with van der Waals surface area (Å²) >= 11 is 0. The third kappa shape index (κ3) is 19.9. The molecule has 0 rings (SSSR count). The average molecular weight is 240 g/mol. The van der Waals surface area contributed by atoms with E-state index in [1.165, 1.54) is 20.0 Å². The van der Waals surface area contributed by atoms with Crippen LogP contribution in [0.5, 0.6) is 0 Å². The molecule has 2 N–H and O–H groups in total. The molecule has 0 aromatic rings. The Labute approximate surface area is 91.0 Å². The highest BCUT2D eigenvalue weighted by Crippen LogP contribution is 2.35. The topological polar surface area (TPSA) is 83.8 Å². The number of hydrogen-bond acceptors (Lipinski definition) is 3. The number of hydrogen-bond donors (Lipinski definition) is 2. The molecule has 0 aromatic carbocycles. The smallest absolute Gasteiger partial charge is 0.325 e. The zero-order valence-corrected chi connectivity index (χ0v) is 10.5. The van der Waals surface area contributed by atoms with Crippen molar-refractivity contribution in [2.45, 2.75) is 39.5 Å². The van der Waals surface area contributed by atoms with Gasteiger partial charge in [-0.1, -0.05) is 26.7 Å². The van der Waals surface area contributed by atoms with Crippen LogP contribution in [0.4, 0.5) is 0 Å². The van der Waals surface area contributed by atoms with Crippen molar-refractivity contribution in [1.29, 1.82) is 0 Å². The number of methoxy groups -OCH3 is 1. The van der Waals surface area contributed by atoms with E-state index in [1.54, 1.807) is 0 Å². The summed E-state index contributed by atoms with van der Waals surface area (Å²) in [6.07, 6.45) is 2.60. The van der Waals surface area contributed by atoms with Gasteiger partial charge in [-0.3, -0.25) is 9.36 Å². The first-order valence-corrected chi connectivity index (χ1v) is 6.78. The second-order valence-electron chi connectivity index (χ2n) is 3.07. The maximum Gasteiger partial charge on any atom is 0.325 e. The van der Waals surface area contributed by atoms with Gasteiger partial charge in [-0.15, -0.1) is 0 Å². The van der Waals surface area contributed by atoms with Crippen molar-refractivity contribution in [3.8, 4) is 0 Å². The Morgan fingerprint density at radius 1 is 1.27 bits per heavy atom. The Morgan fingerprint density at radius 2 is 1.73 bits per heavy atom. The highest BCUT2D eigenvalue weighted by molar-refractivity contribution is 7.51. The molecule has 0 bridgehead atoms. The van der Waals surface area contributed by atoms with Gasteiger partial charge in [-0.25, -0.2) is 0 Å². The molecule has 0 saturated heterocycles. The van der Waals surface area contributed by atoms with Crippen LogP contribution in [-0.2, 0) is 14.1 Å². The maximum atomic E-state index is 10.4. The molecular weight excluding hydrogens is 219 g/mol. The molecule has 0 fully saturated rings. The predicted molar refractivity (Wildman–Crippen MR) is 58.7 cm³/mol. The van der Waals surface area contributed by atoms with Gasteiger partial charge in [0.05, 0.1) is 13.3 Å². The zero-order chi connectivity index (χ0) is 12.3. The highest BCUT2D eigenvalue weighted by atomic mass is 31.2. The second kappa shape index (κ2) is 10.1. The fourth-order valence-corrected chi connectivity index (χ4v) is 1.10. The fraction of sp³-hybridized carbons (Fsp3) is 0.889. The Hall–Kier alpha value is -0.380. The lowest BCUT2D eigenvalue weighted by Gasteiger charge is -2.01. The third-order valence-electron chi connectivity index (χ3n) is 1.56. The van der Waals surface area contributed by atoms with E-state index < -0.39 is 13.6 Å². The van der Waals surface area contributed by atoms with Crippen molar-refractivity contribution in [2.24, 2.45) is 0 Å². The summed E-state index contributed by atoms with van der Waals surface area (Å²) in [7, 11) is -2.70. The molecule has 0 heterocycles. The van der Waals surface area contributed by atoms with Gasteiger partial charge in [0.25, 0.3) is 0 Å². The number of unbranched alkanes of at least 4 members (excludes halogenated alkanes) is 1. The van der Waals surface area contributed by atoms with Gasteiger partial charge in [0.1, 0.15) is 0 Å². The van der Waals surface area contributed by atoms with Gasteiger partial charge in [-0.2, -0.15) is 0 Å². The van der Waals surface area contributed by atoms with Crippen LogP contribution in [0.15, 0.2) is 0 Å². The summed E-state index contributed by atoms with van der Waals surface area (Å²) in [5, 5.41) is 0. The fourth-order valence-electron chi connectivity index (χ4n) is 0.531. The number of esters is 1. The number of carbonyl (C=O) groups excluding carboxylic acids is 1. The molecule has 0 spiro atoms. The van der Waals surface area contributed by atoms with E-state index in [-0.39, 0.29) is 19.0 Å². The molecule has 15 heavy (non-hydrogen) atoms. The number of carbonyl (C=O) groups is 1. The van der Waals surface area contributed by atoms with Crippen LogP contribution in [0.25, 0.3) is 0 Å². The molecule has 0 unspecified atom stereocenters. The maximum absolute atomic E-state index is 10.4. The Balaban J connectivity index is 0. The van der Waals surface area contributed by atoms with E-state index in [0.717, 1.165) is 0 Å². The van der Waals surface area contributed by atoms with Crippen molar-refractivity contribution < 1.29 is 23.9 Å². The lowest BCUT2D eigenvalue weighted by molar-refractivity contribution is -0.140. The van der Waals surface area contributed by atoms with Crippen LogP contribution in [0.2, 0.25) is 0 Å². The van der Waals surface area contributed by atoms with E-state index in [1.807, 2.05) is 0 Å². The van der Waals surface area contributed by atoms with E-state index in [0.29, 0.717) is 0 Å². The van der Waals surface area contributed by atoms with Crippen molar-refractivity contribution in [3.05, 3.63) is 0 Å². The highest BCUT2D eigenvalue weighted by Gasteiger charge is 2.12. The average Bonchev–Trinajstić information content (AvgIpc) is 2.16. The molecule has 6 heteroatoms. The van der Waals surface area contributed by atoms with Gasteiger partial charge < -0.3 is 14.5 Å². The Morgan fingerprint density at radius 3 is 2.00 bits per heavy atom. The first kappa shape index (κ1) is 17.0. The zero-order valence-electron chi connectivity index (χ0n) is 9.60. The molecule has 0 amide bonds. The van der Waals surface area contributed by atoms with E-state index >= 15 is 0 Å². The molecule has 5 nitrogen and oxygen atoms in total. The largest absolute Gasteiger partial charge is 0.469 e. The SMILES string of the molecule is CCCC.COC(=O)CCCP(=O)(O)O. The lowest BCUT2D eigenvalue weighted by atomic mass is 10.3. The molecular formula is C9H21O5P. The van der Waals surface area contributed by atoms with E-state index in [2.05, 4.69) is 18.6 Å². The minimum Gasteiger partial charge on any atom is -0.469 e. The van der Waals surface area contributed by atoms with Crippen molar-refractivity contribution >= 4 is 13.6 Å². The van der Waals surface area contributed by atoms with Gasteiger partial charge in [-0.05, 0) is 6.42 Å². The summed E-state index contributed by atoms with van der Waals surface area (Å²) in [5.41, 5.74) is 0. The van der Waals surface area contributed by atoms with Gasteiger partial charge in [0.2, 0.25) is 0 Å². The quantitative estimate of drug-likeness (QED) is 0.566. The van der Waals surface area contributed by atoms with Gasteiger partial charge in [0, 0.05) is 6.42 Å². The third-order valence-corrected chi connectivity index (χ3v) is 2.46. The summed E-state index contributed by atoms with van der Waals surface area (Å²) in [6, 6.07) is 0. The minimum atomic E-state index is -3.94. The summed E-state index contributed by atoms with van der Waals surface area (Å²) in [4.78, 5) is 27.1. The minimum absolute atomic E-state index is 0.0572. The molecule has 0 aliphatic rings. The Kier molecular flexibility index (Phi) is 11.5. The Bertz CT molecular complexity index is 197. The first-order chi connectivity index (χ1) is 6.87. The van der Waals surface area contributed by atoms with Crippen LogP contribution in [0.3, 0.4) is 0 Å². The number of ether oxygens (including phenoxy) is 1. The van der Waals surface area contributed by atoms with Crippen molar-refractivity contribution in [3.63, 3.8) is 0 Å². The molecule has 0 atom stereocenters. The molecule has 0 aromatic heterocycles. The van der Waals surface area contributed by atoms with Crippen LogP contribution < -0.4 is 0 Å². The van der Waals surface area contributed by atoms with Gasteiger partial charge in [0.15, 0.2) is 0 Å². The summed E-state index contributed by atoms with van der Waals surface area (Å²) in [5.74, 6) is -0.446. The molecule has 0 radical (unpaired) electrons. The summed E-state index contributed by atoms with van der Waals surface area (Å²) < 4.78 is 14.5. The van der Waals surface area contributed by atoms with Crippen LogP contribution in [-0.4, -0.2) is 29.0 Å².